The summed E-state index contributed by atoms with van der Waals surface area (Å²) in [5.41, 5.74) is 1.73. The summed E-state index contributed by atoms with van der Waals surface area (Å²) in [6.45, 7) is -0.515. The van der Waals surface area contributed by atoms with Gasteiger partial charge in [0.15, 0.2) is 29.8 Å². The molecule has 34 heavy (non-hydrogen) atoms. The zero-order valence-electron chi connectivity index (χ0n) is 19.5. The molecule has 2 aromatic carbocycles. The lowest BCUT2D eigenvalue weighted by Gasteiger charge is -2.34. The van der Waals surface area contributed by atoms with Crippen LogP contribution in [0.5, 0.6) is 28.7 Å². The van der Waals surface area contributed by atoms with E-state index in [-0.39, 0.29) is 35.6 Å². The maximum absolute atomic E-state index is 10.6. The quantitative estimate of drug-likeness (QED) is 0.403. The zero-order valence-corrected chi connectivity index (χ0v) is 19.5. The van der Waals surface area contributed by atoms with Crippen LogP contribution in [0.1, 0.15) is 62.2 Å². The fourth-order valence-electron chi connectivity index (χ4n) is 4.84. The summed E-state index contributed by atoms with van der Waals surface area (Å²) in [7, 11) is 1.50. The Labute approximate surface area is 199 Å². The predicted molar refractivity (Wildman–Crippen MR) is 125 cm³/mol. The molecule has 4 rings (SSSR count). The Kier molecular flexibility index (Phi) is 8.03. The van der Waals surface area contributed by atoms with Crippen molar-refractivity contribution in [1.29, 1.82) is 0 Å². The van der Waals surface area contributed by atoms with Crippen molar-refractivity contribution >= 4 is 0 Å². The molecule has 0 bridgehead atoms. The van der Waals surface area contributed by atoms with E-state index in [4.69, 9.17) is 24.1 Å². The molecule has 1 saturated heterocycles. The Morgan fingerprint density at radius 2 is 1.76 bits per heavy atom. The minimum absolute atomic E-state index is 0.0145. The lowest BCUT2D eigenvalue weighted by Crippen LogP contribution is -2.31. The van der Waals surface area contributed by atoms with Crippen LogP contribution in [-0.2, 0) is 11.2 Å². The molecule has 0 radical (unpaired) electrons. The van der Waals surface area contributed by atoms with E-state index in [9.17, 15) is 15.3 Å². The third kappa shape index (κ3) is 5.87. The Bertz CT molecular complexity index is 956. The predicted octanol–water partition coefficient (Wildman–Crippen LogP) is 3.97. The van der Waals surface area contributed by atoms with Gasteiger partial charge in [0.05, 0.1) is 31.5 Å². The van der Waals surface area contributed by atoms with Crippen LogP contribution in [0.15, 0.2) is 30.3 Å². The van der Waals surface area contributed by atoms with E-state index < -0.39 is 12.9 Å². The number of rotatable bonds is 9. The number of benzene rings is 2. The second-order valence-electron chi connectivity index (χ2n) is 9.08. The van der Waals surface area contributed by atoms with E-state index in [2.05, 4.69) is 0 Å². The summed E-state index contributed by atoms with van der Waals surface area (Å²) in [6, 6.07) is 8.57. The highest BCUT2D eigenvalue weighted by Crippen LogP contribution is 2.43. The highest BCUT2D eigenvalue weighted by Gasteiger charge is 2.31. The minimum atomic E-state index is -0.518. The molecule has 1 heterocycles. The molecule has 3 atom stereocenters. The third-order valence-corrected chi connectivity index (χ3v) is 6.63. The van der Waals surface area contributed by atoms with Crippen molar-refractivity contribution in [3.8, 4) is 28.7 Å². The molecule has 0 aromatic heterocycles. The Morgan fingerprint density at radius 3 is 2.50 bits per heavy atom. The number of phenols is 2. The molecule has 8 heteroatoms. The fraction of sp³-hybridized carbons (Fsp3) is 0.538. The van der Waals surface area contributed by atoms with Gasteiger partial charge in [-0.15, -0.1) is 0 Å². The molecule has 2 fully saturated rings. The lowest BCUT2D eigenvalue weighted by atomic mass is 9.93. The summed E-state index contributed by atoms with van der Waals surface area (Å²) in [4.78, 5) is 0. The second-order valence-corrected chi connectivity index (χ2v) is 9.08. The molecule has 1 aliphatic carbocycles. The molecular formula is C26H34O8. The van der Waals surface area contributed by atoms with Crippen molar-refractivity contribution in [3.63, 3.8) is 0 Å². The summed E-state index contributed by atoms with van der Waals surface area (Å²) in [5.74, 6) is 0.903. The average Bonchev–Trinajstić information content (AvgIpc) is 3.34. The van der Waals surface area contributed by atoms with Crippen molar-refractivity contribution in [2.45, 2.75) is 75.8 Å². The van der Waals surface area contributed by atoms with Gasteiger partial charge in [-0.2, -0.15) is 0 Å². The molecule has 0 spiro atoms. The molecule has 2 aliphatic rings. The number of aryl methyl sites for hydroxylation is 1. The van der Waals surface area contributed by atoms with Gasteiger partial charge in [-0.05, 0) is 80.3 Å². The zero-order chi connectivity index (χ0) is 24.1. The molecule has 1 aliphatic heterocycles. The number of hydrogen-bond acceptors (Lipinski definition) is 8. The number of phenolic OH excluding ortho intramolecular Hbond substituents is 2. The van der Waals surface area contributed by atoms with Crippen molar-refractivity contribution in [2.24, 2.45) is 0 Å². The summed E-state index contributed by atoms with van der Waals surface area (Å²) in [6.07, 6.45) is 5.50. The van der Waals surface area contributed by atoms with Gasteiger partial charge in [0.25, 0.3) is 0 Å². The number of aliphatic hydroxyl groups is 2. The number of ether oxygens (including phenoxy) is 4. The number of hydrogen-bond donors (Lipinski definition) is 4. The van der Waals surface area contributed by atoms with Crippen LogP contribution < -0.4 is 14.2 Å². The SMILES string of the molecule is COc1cc([C@H]2C[C@@H](O)C[C@H](CCc3ccc(O)c(OCO)c3)O2)cc(OC2CCCC2)c1O. The van der Waals surface area contributed by atoms with Crippen LogP contribution in [-0.4, -0.2) is 52.6 Å². The summed E-state index contributed by atoms with van der Waals surface area (Å²) < 4.78 is 22.9. The van der Waals surface area contributed by atoms with Crippen molar-refractivity contribution < 1.29 is 39.4 Å². The van der Waals surface area contributed by atoms with E-state index in [0.29, 0.717) is 37.2 Å². The van der Waals surface area contributed by atoms with E-state index in [1.165, 1.54) is 13.2 Å². The van der Waals surface area contributed by atoms with Gasteiger partial charge >= 0.3 is 0 Å². The van der Waals surface area contributed by atoms with Crippen LogP contribution >= 0.6 is 0 Å². The van der Waals surface area contributed by atoms with Crippen LogP contribution in [0, 0.1) is 0 Å². The molecule has 0 amide bonds. The van der Waals surface area contributed by atoms with Gasteiger partial charge in [0.2, 0.25) is 5.75 Å². The summed E-state index contributed by atoms with van der Waals surface area (Å²) >= 11 is 0. The standard InChI is InChI=1S/C26H34O8/c1-31-24-11-17(12-25(26(24)30)33-19-4-2-3-5-19)22-14-18(28)13-20(34-22)8-6-16-7-9-21(29)23(10-16)32-15-27/h7,9-12,18-20,22,27-30H,2-6,8,13-15H2,1H3/t18-,20-,22+/m0/s1. The highest BCUT2D eigenvalue weighted by atomic mass is 16.6. The monoisotopic (exact) mass is 474 g/mol. The largest absolute Gasteiger partial charge is 0.504 e. The molecule has 1 saturated carbocycles. The second kappa shape index (κ2) is 11.2. The van der Waals surface area contributed by atoms with Gasteiger partial charge in [-0.1, -0.05) is 6.07 Å². The molecule has 2 aromatic rings. The first-order valence-electron chi connectivity index (χ1n) is 11.9. The molecule has 0 unspecified atom stereocenters. The highest BCUT2D eigenvalue weighted by molar-refractivity contribution is 5.53. The molecule has 8 nitrogen and oxygen atoms in total. The Balaban J connectivity index is 1.46. The van der Waals surface area contributed by atoms with Gasteiger partial charge in [0.1, 0.15) is 0 Å². The van der Waals surface area contributed by atoms with Crippen LogP contribution in [0.25, 0.3) is 0 Å². The number of methoxy groups -OCH3 is 1. The van der Waals surface area contributed by atoms with Gasteiger partial charge in [-0.25, -0.2) is 0 Å². The Hall–Kier alpha value is -2.68. The fourth-order valence-corrected chi connectivity index (χ4v) is 4.84. The van der Waals surface area contributed by atoms with Crippen molar-refractivity contribution in [1.82, 2.24) is 0 Å². The van der Waals surface area contributed by atoms with Gasteiger partial charge < -0.3 is 39.4 Å². The van der Waals surface area contributed by atoms with Crippen molar-refractivity contribution in [3.05, 3.63) is 41.5 Å². The van der Waals surface area contributed by atoms with Crippen LogP contribution in [0.3, 0.4) is 0 Å². The maximum atomic E-state index is 10.6. The normalized spacial score (nSPS) is 23.1. The first-order valence-corrected chi connectivity index (χ1v) is 11.9. The van der Waals surface area contributed by atoms with E-state index in [0.717, 1.165) is 36.8 Å². The van der Waals surface area contributed by atoms with Crippen molar-refractivity contribution in [2.75, 3.05) is 13.9 Å². The maximum Gasteiger partial charge on any atom is 0.200 e. The first-order chi connectivity index (χ1) is 16.5. The van der Waals surface area contributed by atoms with Crippen LogP contribution in [0.4, 0.5) is 0 Å². The van der Waals surface area contributed by atoms with E-state index >= 15 is 0 Å². The lowest BCUT2D eigenvalue weighted by molar-refractivity contribution is -0.0999. The minimum Gasteiger partial charge on any atom is -0.504 e. The molecular weight excluding hydrogens is 440 g/mol. The number of aliphatic hydroxyl groups excluding tert-OH is 2. The summed E-state index contributed by atoms with van der Waals surface area (Å²) in [5, 5.41) is 39.9. The van der Waals surface area contributed by atoms with E-state index in [1.807, 2.05) is 0 Å². The van der Waals surface area contributed by atoms with Gasteiger partial charge in [0, 0.05) is 6.42 Å². The van der Waals surface area contributed by atoms with E-state index in [1.54, 1.807) is 24.3 Å². The van der Waals surface area contributed by atoms with Crippen LogP contribution in [0.2, 0.25) is 0 Å². The molecule has 4 N–H and O–H groups in total. The topological polar surface area (TPSA) is 118 Å². The third-order valence-electron chi connectivity index (χ3n) is 6.63. The number of aromatic hydroxyl groups is 2. The smallest absolute Gasteiger partial charge is 0.200 e. The van der Waals surface area contributed by atoms with Gasteiger partial charge in [-0.3, -0.25) is 0 Å². The Morgan fingerprint density at radius 1 is 1.00 bits per heavy atom. The molecule has 186 valence electrons. The first kappa shape index (κ1) is 24.4. The average molecular weight is 475 g/mol.